The average molecular weight is 402 g/mol. The molecule has 6 heteroatoms. The molecule has 3 heterocycles. The number of nitrogens with zero attached hydrogens (tertiary/aromatic N) is 4. The quantitative estimate of drug-likeness (QED) is 0.647. The van der Waals surface area contributed by atoms with Crippen LogP contribution in [0.4, 0.5) is 0 Å². The summed E-state index contributed by atoms with van der Waals surface area (Å²) in [6.45, 7) is 6.06. The van der Waals surface area contributed by atoms with E-state index >= 15 is 0 Å². The Morgan fingerprint density at radius 1 is 1.00 bits per heavy atom. The van der Waals surface area contributed by atoms with Crippen molar-refractivity contribution >= 4 is 5.91 Å². The molecule has 1 amide bonds. The number of pyridine rings is 2. The van der Waals surface area contributed by atoms with Gasteiger partial charge in [-0.25, -0.2) is 4.98 Å². The van der Waals surface area contributed by atoms with Gasteiger partial charge in [-0.05, 0) is 49.2 Å². The zero-order valence-corrected chi connectivity index (χ0v) is 17.2. The number of aromatic nitrogens is 2. The smallest absolute Gasteiger partial charge is 0.259 e. The SMILES string of the molecule is Cc1ccc(Oc2ncccc2C(=O)N2CCCN(Cc3cccnc3)CC2)cc1. The third kappa shape index (κ3) is 5.02. The second-order valence-electron chi connectivity index (χ2n) is 7.55. The standard InChI is InChI=1S/C24H26N4O2/c1-19-7-9-21(10-8-19)30-23-22(6-3-12-26-23)24(29)28-14-4-13-27(15-16-28)18-20-5-2-11-25-17-20/h2-3,5-12,17H,4,13-16,18H2,1H3. The molecule has 1 aliphatic heterocycles. The lowest BCUT2D eigenvalue weighted by Crippen LogP contribution is -2.35. The van der Waals surface area contributed by atoms with Crippen molar-refractivity contribution in [2.24, 2.45) is 0 Å². The van der Waals surface area contributed by atoms with Crippen molar-refractivity contribution in [1.29, 1.82) is 0 Å². The number of hydrogen-bond acceptors (Lipinski definition) is 5. The highest BCUT2D eigenvalue weighted by Gasteiger charge is 2.23. The fourth-order valence-corrected chi connectivity index (χ4v) is 3.61. The van der Waals surface area contributed by atoms with E-state index in [1.807, 2.05) is 48.4 Å². The number of carbonyl (C=O) groups excluding carboxylic acids is 1. The first-order valence-corrected chi connectivity index (χ1v) is 10.3. The van der Waals surface area contributed by atoms with Gasteiger partial charge in [-0.1, -0.05) is 23.8 Å². The summed E-state index contributed by atoms with van der Waals surface area (Å²) in [6, 6.07) is 15.4. The van der Waals surface area contributed by atoms with Gasteiger partial charge in [0.05, 0.1) is 0 Å². The highest BCUT2D eigenvalue weighted by molar-refractivity contribution is 5.96. The monoisotopic (exact) mass is 402 g/mol. The van der Waals surface area contributed by atoms with E-state index in [2.05, 4.69) is 20.9 Å². The first-order chi connectivity index (χ1) is 14.7. The maximum Gasteiger partial charge on any atom is 0.259 e. The summed E-state index contributed by atoms with van der Waals surface area (Å²) in [5.41, 5.74) is 2.84. The van der Waals surface area contributed by atoms with Crippen LogP contribution in [-0.4, -0.2) is 51.9 Å². The first kappa shape index (κ1) is 20.0. The molecule has 0 radical (unpaired) electrons. The summed E-state index contributed by atoms with van der Waals surface area (Å²) in [4.78, 5) is 26.1. The third-order valence-corrected chi connectivity index (χ3v) is 5.24. The molecule has 1 saturated heterocycles. The second-order valence-corrected chi connectivity index (χ2v) is 7.55. The third-order valence-electron chi connectivity index (χ3n) is 5.24. The van der Waals surface area contributed by atoms with Gasteiger partial charge >= 0.3 is 0 Å². The Morgan fingerprint density at radius 2 is 1.83 bits per heavy atom. The average Bonchev–Trinajstić information content (AvgIpc) is 3.02. The molecule has 154 valence electrons. The molecular weight excluding hydrogens is 376 g/mol. The molecule has 0 unspecified atom stereocenters. The van der Waals surface area contributed by atoms with E-state index in [0.29, 0.717) is 23.7 Å². The molecule has 1 aliphatic rings. The van der Waals surface area contributed by atoms with Crippen molar-refractivity contribution in [1.82, 2.24) is 19.8 Å². The summed E-state index contributed by atoms with van der Waals surface area (Å²) < 4.78 is 5.93. The van der Waals surface area contributed by atoms with Crippen molar-refractivity contribution in [2.45, 2.75) is 19.9 Å². The molecule has 0 saturated carbocycles. The minimum Gasteiger partial charge on any atom is -0.438 e. The minimum absolute atomic E-state index is 0.0339. The minimum atomic E-state index is -0.0339. The van der Waals surface area contributed by atoms with Crippen molar-refractivity contribution in [2.75, 3.05) is 26.2 Å². The molecule has 0 atom stereocenters. The van der Waals surface area contributed by atoms with Crippen LogP contribution in [0.15, 0.2) is 67.1 Å². The van der Waals surface area contributed by atoms with Gasteiger partial charge in [0.15, 0.2) is 0 Å². The molecule has 1 aromatic carbocycles. The number of hydrogen-bond donors (Lipinski definition) is 0. The Balaban J connectivity index is 1.43. The molecule has 1 fully saturated rings. The number of ether oxygens (including phenoxy) is 1. The predicted molar refractivity (Wildman–Crippen MR) is 116 cm³/mol. The van der Waals surface area contributed by atoms with Gasteiger partial charge in [-0.3, -0.25) is 14.7 Å². The molecule has 0 N–H and O–H groups in total. The lowest BCUT2D eigenvalue weighted by molar-refractivity contribution is 0.0757. The summed E-state index contributed by atoms with van der Waals surface area (Å²) in [7, 11) is 0. The van der Waals surface area contributed by atoms with Crippen molar-refractivity contribution in [3.63, 3.8) is 0 Å². The van der Waals surface area contributed by atoms with Gasteiger partial charge < -0.3 is 9.64 Å². The van der Waals surface area contributed by atoms with Crippen LogP contribution in [0.3, 0.4) is 0 Å². The molecule has 2 aromatic heterocycles. The highest BCUT2D eigenvalue weighted by Crippen LogP contribution is 2.24. The van der Waals surface area contributed by atoms with Crippen LogP contribution in [0.25, 0.3) is 0 Å². The van der Waals surface area contributed by atoms with Gasteiger partial charge in [0, 0.05) is 51.3 Å². The van der Waals surface area contributed by atoms with Crippen LogP contribution in [0.1, 0.15) is 27.9 Å². The van der Waals surface area contributed by atoms with Crippen molar-refractivity contribution < 1.29 is 9.53 Å². The molecule has 0 spiro atoms. The van der Waals surface area contributed by atoms with E-state index in [9.17, 15) is 4.79 Å². The van der Waals surface area contributed by atoms with E-state index < -0.39 is 0 Å². The molecule has 3 aromatic rings. The van der Waals surface area contributed by atoms with Gasteiger partial charge in [0.25, 0.3) is 5.91 Å². The molecule has 30 heavy (non-hydrogen) atoms. The normalized spacial score (nSPS) is 14.9. The van der Waals surface area contributed by atoms with Gasteiger partial charge in [-0.15, -0.1) is 0 Å². The van der Waals surface area contributed by atoms with Crippen LogP contribution >= 0.6 is 0 Å². The summed E-state index contributed by atoms with van der Waals surface area (Å²) in [5.74, 6) is 0.989. The van der Waals surface area contributed by atoms with Gasteiger partial charge in [-0.2, -0.15) is 0 Å². The lowest BCUT2D eigenvalue weighted by Gasteiger charge is -2.22. The fourth-order valence-electron chi connectivity index (χ4n) is 3.61. The van der Waals surface area contributed by atoms with E-state index in [4.69, 9.17) is 4.74 Å². The Hall–Kier alpha value is -3.25. The Kier molecular flexibility index (Phi) is 6.35. The zero-order chi connectivity index (χ0) is 20.8. The molecular formula is C24H26N4O2. The van der Waals surface area contributed by atoms with E-state index in [1.54, 1.807) is 24.5 Å². The summed E-state index contributed by atoms with van der Waals surface area (Å²) in [6.07, 6.45) is 6.27. The van der Waals surface area contributed by atoms with Crippen molar-refractivity contribution in [3.8, 4) is 11.6 Å². The summed E-state index contributed by atoms with van der Waals surface area (Å²) in [5, 5.41) is 0. The van der Waals surface area contributed by atoms with Crippen LogP contribution in [0, 0.1) is 6.92 Å². The van der Waals surface area contributed by atoms with E-state index in [0.717, 1.165) is 38.2 Å². The molecule has 0 bridgehead atoms. The maximum atomic E-state index is 13.3. The van der Waals surface area contributed by atoms with Crippen LogP contribution in [0.5, 0.6) is 11.6 Å². The maximum absolute atomic E-state index is 13.3. The Morgan fingerprint density at radius 3 is 2.63 bits per heavy atom. The van der Waals surface area contributed by atoms with Crippen LogP contribution in [-0.2, 0) is 6.54 Å². The van der Waals surface area contributed by atoms with E-state index in [1.165, 1.54) is 5.56 Å². The molecule has 0 aliphatic carbocycles. The predicted octanol–water partition coefficient (Wildman–Crippen LogP) is 3.93. The number of rotatable bonds is 5. The first-order valence-electron chi connectivity index (χ1n) is 10.3. The zero-order valence-electron chi connectivity index (χ0n) is 17.2. The van der Waals surface area contributed by atoms with Crippen molar-refractivity contribution in [3.05, 3.63) is 83.8 Å². The number of benzene rings is 1. The van der Waals surface area contributed by atoms with Gasteiger partial charge in [0.2, 0.25) is 5.88 Å². The number of aryl methyl sites for hydroxylation is 1. The fraction of sp³-hybridized carbons (Fsp3) is 0.292. The summed E-state index contributed by atoms with van der Waals surface area (Å²) >= 11 is 0. The number of carbonyl (C=O) groups is 1. The highest BCUT2D eigenvalue weighted by atomic mass is 16.5. The topological polar surface area (TPSA) is 58.6 Å². The second kappa shape index (κ2) is 9.50. The van der Waals surface area contributed by atoms with E-state index in [-0.39, 0.29) is 5.91 Å². The van der Waals surface area contributed by atoms with Gasteiger partial charge in [0.1, 0.15) is 11.3 Å². The van der Waals surface area contributed by atoms with Crippen LogP contribution < -0.4 is 4.74 Å². The number of amides is 1. The Labute approximate surface area is 177 Å². The molecule has 6 nitrogen and oxygen atoms in total. The van der Waals surface area contributed by atoms with Crippen LogP contribution in [0.2, 0.25) is 0 Å². The largest absolute Gasteiger partial charge is 0.438 e. The lowest BCUT2D eigenvalue weighted by atomic mass is 10.2. The molecule has 4 rings (SSSR count). The Bertz CT molecular complexity index is 976.